The molecule has 0 spiro atoms. The number of pyridine rings is 1. The lowest BCUT2D eigenvalue weighted by Gasteiger charge is -2.28. The molecule has 2 aromatic rings. The molecule has 1 aromatic heterocycles. The Morgan fingerprint density at radius 1 is 1.08 bits per heavy atom. The zero-order valence-corrected chi connectivity index (χ0v) is 14.5. The Morgan fingerprint density at radius 2 is 1.92 bits per heavy atom. The van der Waals surface area contributed by atoms with E-state index < -0.39 is 0 Å². The summed E-state index contributed by atoms with van der Waals surface area (Å²) in [6.07, 6.45) is 2.99. The first kappa shape index (κ1) is 15.9. The SMILES string of the molecule is c1ccc2c(c1)Oc1ncccc1C2SCCCN1CCOCC1. The Morgan fingerprint density at radius 3 is 2.83 bits per heavy atom. The van der Waals surface area contributed by atoms with Crippen molar-refractivity contribution in [3.05, 3.63) is 53.7 Å². The molecule has 1 atom stereocenters. The Bertz CT molecular complexity index is 643. The molecule has 0 bridgehead atoms. The summed E-state index contributed by atoms with van der Waals surface area (Å²) in [5, 5.41) is 0.309. The summed E-state index contributed by atoms with van der Waals surface area (Å²) in [5.74, 6) is 2.82. The molecule has 1 unspecified atom stereocenters. The molecule has 4 rings (SSSR count). The largest absolute Gasteiger partial charge is 0.438 e. The quantitative estimate of drug-likeness (QED) is 0.774. The van der Waals surface area contributed by atoms with Crippen molar-refractivity contribution in [2.45, 2.75) is 11.7 Å². The van der Waals surface area contributed by atoms with Gasteiger partial charge in [0.2, 0.25) is 5.88 Å². The number of rotatable bonds is 5. The van der Waals surface area contributed by atoms with E-state index in [2.05, 4.69) is 28.1 Å². The van der Waals surface area contributed by atoms with Gasteiger partial charge in [0.25, 0.3) is 0 Å². The molecule has 0 aliphatic carbocycles. The molecular weight excluding hydrogens is 320 g/mol. The molecule has 1 fully saturated rings. The predicted molar refractivity (Wildman–Crippen MR) is 96.9 cm³/mol. The fourth-order valence-electron chi connectivity index (χ4n) is 3.24. The van der Waals surface area contributed by atoms with E-state index >= 15 is 0 Å². The van der Waals surface area contributed by atoms with Crippen molar-refractivity contribution in [2.75, 3.05) is 38.6 Å². The molecule has 0 amide bonds. The number of hydrogen-bond acceptors (Lipinski definition) is 5. The van der Waals surface area contributed by atoms with E-state index in [1.807, 2.05) is 30.0 Å². The van der Waals surface area contributed by atoms with Gasteiger partial charge in [0.15, 0.2) is 0 Å². The van der Waals surface area contributed by atoms with Crippen LogP contribution in [0.2, 0.25) is 0 Å². The minimum atomic E-state index is 0.309. The van der Waals surface area contributed by atoms with Crippen LogP contribution in [-0.2, 0) is 4.74 Å². The van der Waals surface area contributed by atoms with Crippen LogP contribution in [-0.4, -0.2) is 48.5 Å². The van der Waals surface area contributed by atoms with Gasteiger partial charge >= 0.3 is 0 Å². The number of thioether (sulfide) groups is 1. The molecule has 3 heterocycles. The third-order valence-corrected chi connectivity index (χ3v) is 5.86. The Kier molecular flexibility index (Phi) is 5.02. The van der Waals surface area contributed by atoms with E-state index in [1.165, 1.54) is 17.5 Å². The lowest BCUT2D eigenvalue weighted by atomic mass is 10.0. The van der Waals surface area contributed by atoms with Crippen molar-refractivity contribution >= 4 is 11.8 Å². The molecule has 0 radical (unpaired) electrons. The van der Waals surface area contributed by atoms with Crippen LogP contribution in [0.5, 0.6) is 11.6 Å². The van der Waals surface area contributed by atoms with E-state index in [0.717, 1.165) is 50.2 Å². The Labute approximate surface area is 147 Å². The Hall–Kier alpha value is -1.56. The normalized spacial score (nSPS) is 20.1. The standard InChI is InChI=1S/C19H22N2O2S/c1-2-7-17-15(5-1)18(16-6-3-8-20-19(16)23-17)24-14-4-9-21-10-12-22-13-11-21/h1-3,5-8,18H,4,9-14H2. The molecule has 2 aliphatic heterocycles. The lowest BCUT2D eigenvalue weighted by Crippen LogP contribution is -2.37. The molecule has 24 heavy (non-hydrogen) atoms. The summed E-state index contributed by atoms with van der Waals surface area (Å²) in [7, 11) is 0. The average Bonchev–Trinajstić information content (AvgIpc) is 2.65. The lowest BCUT2D eigenvalue weighted by molar-refractivity contribution is 0.0381. The van der Waals surface area contributed by atoms with Crippen molar-refractivity contribution < 1.29 is 9.47 Å². The van der Waals surface area contributed by atoms with Crippen molar-refractivity contribution in [1.82, 2.24) is 9.88 Å². The zero-order chi connectivity index (χ0) is 16.2. The summed E-state index contributed by atoms with van der Waals surface area (Å²) < 4.78 is 11.4. The number of ether oxygens (including phenoxy) is 2. The number of nitrogens with zero attached hydrogens (tertiary/aromatic N) is 2. The maximum absolute atomic E-state index is 5.96. The smallest absolute Gasteiger partial charge is 0.223 e. The molecule has 4 nitrogen and oxygen atoms in total. The topological polar surface area (TPSA) is 34.6 Å². The van der Waals surface area contributed by atoms with Crippen LogP contribution in [0.4, 0.5) is 0 Å². The number of para-hydroxylation sites is 1. The second kappa shape index (κ2) is 7.55. The van der Waals surface area contributed by atoms with Crippen LogP contribution in [0.15, 0.2) is 42.6 Å². The molecule has 0 N–H and O–H groups in total. The van der Waals surface area contributed by atoms with E-state index in [4.69, 9.17) is 9.47 Å². The highest BCUT2D eigenvalue weighted by Gasteiger charge is 2.27. The molecule has 1 aromatic carbocycles. The van der Waals surface area contributed by atoms with Crippen LogP contribution in [0.1, 0.15) is 22.8 Å². The van der Waals surface area contributed by atoms with Gasteiger partial charge in [-0.1, -0.05) is 24.3 Å². The summed E-state index contributed by atoms with van der Waals surface area (Å²) in [6.45, 7) is 5.04. The van der Waals surface area contributed by atoms with Gasteiger partial charge in [0.05, 0.1) is 18.5 Å². The van der Waals surface area contributed by atoms with Crippen molar-refractivity contribution in [3.63, 3.8) is 0 Å². The average molecular weight is 342 g/mol. The van der Waals surface area contributed by atoms with Crippen molar-refractivity contribution in [3.8, 4) is 11.6 Å². The van der Waals surface area contributed by atoms with E-state index in [1.54, 1.807) is 6.20 Å². The highest BCUT2D eigenvalue weighted by molar-refractivity contribution is 7.99. The third kappa shape index (κ3) is 3.43. The summed E-state index contributed by atoms with van der Waals surface area (Å²) in [5.41, 5.74) is 2.45. The van der Waals surface area contributed by atoms with E-state index in [0.29, 0.717) is 5.25 Å². The number of morpholine rings is 1. The summed E-state index contributed by atoms with van der Waals surface area (Å²) >= 11 is 1.99. The van der Waals surface area contributed by atoms with Crippen LogP contribution in [0, 0.1) is 0 Å². The minimum absolute atomic E-state index is 0.309. The van der Waals surface area contributed by atoms with Crippen LogP contribution < -0.4 is 4.74 Å². The van der Waals surface area contributed by atoms with E-state index in [9.17, 15) is 0 Å². The van der Waals surface area contributed by atoms with Crippen LogP contribution >= 0.6 is 11.8 Å². The zero-order valence-electron chi connectivity index (χ0n) is 13.7. The first-order valence-electron chi connectivity index (χ1n) is 8.55. The third-order valence-electron chi connectivity index (χ3n) is 4.50. The molecule has 1 saturated heterocycles. The molecular formula is C19H22N2O2S. The Balaban J connectivity index is 1.42. The number of benzene rings is 1. The molecule has 5 heteroatoms. The highest BCUT2D eigenvalue weighted by Crippen LogP contribution is 2.48. The van der Waals surface area contributed by atoms with Gasteiger partial charge in [0, 0.05) is 30.4 Å². The van der Waals surface area contributed by atoms with E-state index in [-0.39, 0.29) is 0 Å². The predicted octanol–water partition coefficient (Wildman–Crippen LogP) is 3.73. The first-order chi connectivity index (χ1) is 11.9. The molecule has 126 valence electrons. The fraction of sp³-hybridized carbons (Fsp3) is 0.421. The van der Waals surface area contributed by atoms with Gasteiger partial charge < -0.3 is 9.47 Å². The summed E-state index contributed by atoms with van der Waals surface area (Å²) in [4.78, 5) is 6.91. The van der Waals surface area contributed by atoms with Gasteiger partial charge in [-0.15, -0.1) is 11.8 Å². The maximum Gasteiger partial charge on any atom is 0.223 e. The van der Waals surface area contributed by atoms with Gasteiger partial charge in [0.1, 0.15) is 5.75 Å². The first-order valence-corrected chi connectivity index (χ1v) is 9.60. The number of aromatic nitrogens is 1. The van der Waals surface area contributed by atoms with Crippen LogP contribution in [0.25, 0.3) is 0 Å². The monoisotopic (exact) mass is 342 g/mol. The second-order valence-electron chi connectivity index (χ2n) is 6.10. The minimum Gasteiger partial charge on any atom is -0.438 e. The summed E-state index contributed by atoms with van der Waals surface area (Å²) in [6, 6.07) is 12.5. The number of hydrogen-bond donors (Lipinski definition) is 0. The van der Waals surface area contributed by atoms with Gasteiger partial charge in [-0.25, -0.2) is 4.98 Å². The number of fused-ring (bicyclic) bond motifs is 2. The van der Waals surface area contributed by atoms with Gasteiger partial charge in [-0.3, -0.25) is 4.90 Å². The maximum atomic E-state index is 5.96. The fourth-order valence-corrected chi connectivity index (χ4v) is 4.51. The van der Waals surface area contributed by atoms with Crippen LogP contribution in [0.3, 0.4) is 0 Å². The molecule has 2 aliphatic rings. The van der Waals surface area contributed by atoms with Gasteiger partial charge in [-0.2, -0.15) is 0 Å². The van der Waals surface area contributed by atoms with Crippen molar-refractivity contribution in [2.24, 2.45) is 0 Å². The highest BCUT2D eigenvalue weighted by atomic mass is 32.2. The molecule has 0 saturated carbocycles. The second-order valence-corrected chi connectivity index (χ2v) is 7.31. The van der Waals surface area contributed by atoms with Gasteiger partial charge in [-0.05, 0) is 30.9 Å². The van der Waals surface area contributed by atoms with Crippen molar-refractivity contribution in [1.29, 1.82) is 0 Å².